The highest BCUT2D eigenvalue weighted by molar-refractivity contribution is 5.44. The van der Waals surface area contributed by atoms with Gasteiger partial charge in [-0.25, -0.2) is 0 Å². The number of aliphatic hydroxyl groups excluding tert-OH is 1. The van der Waals surface area contributed by atoms with Crippen LogP contribution < -0.4 is 4.74 Å². The normalized spacial score (nSPS) is 12.2. The quantitative estimate of drug-likeness (QED) is 0.887. The maximum absolute atomic E-state index is 10.5. The van der Waals surface area contributed by atoms with Gasteiger partial charge in [0.2, 0.25) is 0 Å². The Bertz CT molecular complexity index is 600. The van der Waals surface area contributed by atoms with E-state index in [0.29, 0.717) is 6.42 Å². The van der Waals surface area contributed by atoms with Crippen molar-refractivity contribution in [1.29, 1.82) is 0 Å². The minimum atomic E-state index is -0.498. The topological polar surface area (TPSA) is 29.5 Å². The van der Waals surface area contributed by atoms with Crippen LogP contribution in [0.1, 0.15) is 40.3 Å². The number of methoxy groups -OCH3 is 1. The van der Waals surface area contributed by atoms with Crippen molar-refractivity contribution < 1.29 is 9.84 Å². The van der Waals surface area contributed by atoms with Gasteiger partial charge in [0.15, 0.2) is 0 Å². The summed E-state index contributed by atoms with van der Waals surface area (Å²) >= 11 is 0. The molecule has 112 valence electrons. The molecule has 0 radical (unpaired) electrons. The van der Waals surface area contributed by atoms with Crippen LogP contribution in [0.5, 0.6) is 5.75 Å². The van der Waals surface area contributed by atoms with Crippen molar-refractivity contribution in [3.63, 3.8) is 0 Å². The molecular formula is C19H24O2. The van der Waals surface area contributed by atoms with E-state index in [9.17, 15) is 5.11 Å². The maximum atomic E-state index is 10.5. The van der Waals surface area contributed by atoms with Gasteiger partial charge in [0, 0.05) is 5.56 Å². The lowest BCUT2D eigenvalue weighted by Gasteiger charge is -2.18. The summed E-state index contributed by atoms with van der Waals surface area (Å²) in [5.41, 5.74) is 5.66. The summed E-state index contributed by atoms with van der Waals surface area (Å²) in [4.78, 5) is 0. The standard InChI is InChI=1S/C19H24O2/c1-13-5-7-16(8-6-13)9-10-17(20)19-15(3)11-14(2)12-18(19)21-4/h5-8,11-12,17,20H,9-10H2,1-4H3. The predicted octanol–water partition coefficient (Wildman–Crippen LogP) is 4.29. The van der Waals surface area contributed by atoms with E-state index in [-0.39, 0.29) is 0 Å². The molecule has 2 nitrogen and oxygen atoms in total. The van der Waals surface area contributed by atoms with Gasteiger partial charge in [0.05, 0.1) is 13.2 Å². The molecule has 21 heavy (non-hydrogen) atoms. The van der Waals surface area contributed by atoms with E-state index in [1.165, 1.54) is 11.1 Å². The lowest BCUT2D eigenvalue weighted by molar-refractivity contribution is 0.163. The average molecular weight is 284 g/mol. The van der Waals surface area contributed by atoms with Crippen LogP contribution >= 0.6 is 0 Å². The number of rotatable bonds is 5. The monoisotopic (exact) mass is 284 g/mol. The third kappa shape index (κ3) is 3.85. The molecule has 1 atom stereocenters. The second-order valence-corrected chi connectivity index (χ2v) is 5.74. The molecule has 0 saturated heterocycles. The Morgan fingerprint density at radius 1 is 1.00 bits per heavy atom. The zero-order chi connectivity index (χ0) is 15.4. The Hall–Kier alpha value is -1.80. The Morgan fingerprint density at radius 2 is 1.67 bits per heavy atom. The number of aliphatic hydroxyl groups is 1. The van der Waals surface area contributed by atoms with Gasteiger partial charge in [-0.15, -0.1) is 0 Å². The Morgan fingerprint density at radius 3 is 2.29 bits per heavy atom. The lowest BCUT2D eigenvalue weighted by Crippen LogP contribution is -2.05. The highest BCUT2D eigenvalue weighted by atomic mass is 16.5. The molecule has 2 heteroatoms. The van der Waals surface area contributed by atoms with Gasteiger partial charge < -0.3 is 9.84 Å². The fourth-order valence-electron chi connectivity index (χ4n) is 2.74. The zero-order valence-electron chi connectivity index (χ0n) is 13.3. The molecule has 0 aliphatic rings. The summed E-state index contributed by atoms with van der Waals surface area (Å²) in [5.74, 6) is 0.781. The van der Waals surface area contributed by atoms with E-state index < -0.39 is 6.10 Å². The Labute approximate surface area is 127 Å². The molecule has 1 N–H and O–H groups in total. The third-order valence-electron chi connectivity index (χ3n) is 3.87. The van der Waals surface area contributed by atoms with Crippen LogP contribution in [0.3, 0.4) is 0 Å². The number of hydrogen-bond donors (Lipinski definition) is 1. The first-order chi connectivity index (χ1) is 10.0. The Kier molecular flexibility index (Phi) is 5.03. The van der Waals surface area contributed by atoms with Crippen molar-refractivity contribution in [2.75, 3.05) is 7.11 Å². The molecule has 0 bridgehead atoms. The van der Waals surface area contributed by atoms with Crippen molar-refractivity contribution >= 4 is 0 Å². The van der Waals surface area contributed by atoms with Crippen LogP contribution in [-0.2, 0) is 6.42 Å². The Balaban J connectivity index is 2.13. The van der Waals surface area contributed by atoms with Crippen LogP contribution in [-0.4, -0.2) is 12.2 Å². The van der Waals surface area contributed by atoms with Crippen LogP contribution in [0.2, 0.25) is 0 Å². The first-order valence-electron chi connectivity index (χ1n) is 7.40. The van der Waals surface area contributed by atoms with Crippen LogP contribution in [0.4, 0.5) is 0 Å². The molecule has 1 unspecified atom stereocenters. The summed E-state index contributed by atoms with van der Waals surface area (Å²) in [6.07, 6.45) is 1.06. The summed E-state index contributed by atoms with van der Waals surface area (Å²) in [7, 11) is 1.66. The van der Waals surface area contributed by atoms with Crippen LogP contribution in [0.15, 0.2) is 36.4 Å². The van der Waals surface area contributed by atoms with Gasteiger partial charge in [-0.2, -0.15) is 0 Å². The number of aryl methyl sites for hydroxylation is 4. The zero-order valence-corrected chi connectivity index (χ0v) is 13.3. The van der Waals surface area contributed by atoms with E-state index in [4.69, 9.17) is 4.74 Å². The van der Waals surface area contributed by atoms with E-state index in [2.05, 4.69) is 37.3 Å². The summed E-state index contributed by atoms with van der Waals surface area (Å²) in [6, 6.07) is 12.5. The van der Waals surface area contributed by atoms with Gasteiger partial charge in [-0.3, -0.25) is 0 Å². The number of ether oxygens (including phenoxy) is 1. The highest BCUT2D eigenvalue weighted by Gasteiger charge is 2.16. The molecule has 0 amide bonds. The van der Waals surface area contributed by atoms with Crippen molar-refractivity contribution in [1.82, 2.24) is 0 Å². The van der Waals surface area contributed by atoms with Gasteiger partial charge in [-0.1, -0.05) is 35.9 Å². The molecule has 2 aromatic rings. The fraction of sp³-hybridized carbons (Fsp3) is 0.368. The molecule has 0 aliphatic heterocycles. The smallest absolute Gasteiger partial charge is 0.125 e. The van der Waals surface area contributed by atoms with Crippen molar-refractivity contribution in [3.8, 4) is 5.75 Å². The molecule has 0 saturated carbocycles. The number of hydrogen-bond acceptors (Lipinski definition) is 2. The van der Waals surface area contributed by atoms with Crippen molar-refractivity contribution in [2.24, 2.45) is 0 Å². The van der Waals surface area contributed by atoms with Crippen LogP contribution in [0, 0.1) is 20.8 Å². The molecule has 0 spiro atoms. The summed E-state index contributed by atoms with van der Waals surface area (Å²) in [6.45, 7) is 6.15. The summed E-state index contributed by atoms with van der Waals surface area (Å²) < 4.78 is 5.44. The van der Waals surface area contributed by atoms with E-state index in [1.807, 2.05) is 19.9 Å². The van der Waals surface area contributed by atoms with Gasteiger partial charge in [0.1, 0.15) is 5.75 Å². The largest absolute Gasteiger partial charge is 0.496 e. The third-order valence-corrected chi connectivity index (χ3v) is 3.87. The SMILES string of the molecule is COc1cc(C)cc(C)c1C(O)CCc1ccc(C)cc1. The molecule has 0 aliphatic carbocycles. The van der Waals surface area contributed by atoms with Gasteiger partial charge >= 0.3 is 0 Å². The van der Waals surface area contributed by atoms with Crippen molar-refractivity contribution in [3.05, 3.63) is 64.2 Å². The number of benzene rings is 2. The van der Waals surface area contributed by atoms with E-state index in [1.54, 1.807) is 7.11 Å². The first-order valence-corrected chi connectivity index (χ1v) is 7.40. The first kappa shape index (κ1) is 15.6. The molecular weight excluding hydrogens is 260 g/mol. The molecule has 2 aromatic carbocycles. The average Bonchev–Trinajstić information content (AvgIpc) is 2.45. The molecule has 0 heterocycles. The highest BCUT2D eigenvalue weighted by Crippen LogP contribution is 2.32. The van der Waals surface area contributed by atoms with Gasteiger partial charge in [0.25, 0.3) is 0 Å². The minimum Gasteiger partial charge on any atom is -0.496 e. The van der Waals surface area contributed by atoms with Gasteiger partial charge in [-0.05, 0) is 56.4 Å². The molecule has 0 aromatic heterocycles. The molecule has 2 rings (SSSR count). The van der Waals surface area contributed by atoms with E-state index >= 15 is 0 Å². The van der Waals surface area contributed by atoms with Crippen molar-refractivity contribution in [2.45, 2.75) is 39.7 Å². The fourth-order valence-corrected chi connectivity index (χ4v) is 2.74. The van der Waals surface area contributed by atoms with E-state index in [0.717, 1.165) is 28.9 Å². The predicted molar refractivity (Wildman–Crippen MR) is 86.9 cm³/mol. The second-order valence-electron chi connectivity index (χ2n) is 5.74. The lowest BCUT2D eigenvalue weighted by atomic mass is 9.95. The van der Waals surface area contributed by atoms with Crippen LogP contribution in [0.25, 0.3) is 0 Å². The minimum absolute atomic E-state index is 0.498. The molecule has 0 fully saturated rings. The second kappa shape index (κ2) is 6.77. The summed E-state index contributed by atoms with van der Waals surface area (Å²) in [5, 5.41) is 10.5. The maximum Gasteiger partial charge on any atom is 0.125 e.